The standard InChI is InChI=1S/C8H12N2O3/c1-2-3-5-12-8(11)9-7-4-6-13-10-7/h4,6H,2-3,5H2,1H3,(H,9,10,11). The first-order valence-electron chi connectivity index (χ1n) is 4.17. The summed E-state index contributed by atoms with van der Waals surface area (Å²) in [7, 11) is 0. The highest BCUT2D eigenvalue weighted by molar-refractivity contribution is 5.82. The lowest BCUT2D eigenvalue weighted by molar-refractivity contribution is 0.159. The Morgan fingerprint density at radius 3 is 3.23 bits per heavy atom. The SMILES string of the molecule is CCCCOC(=O)Nc1ccon1. The fraction of sp³-hybridized carbons (Fsp3) is 0.500. The van der Waals surface area contributed by atoms with E-state index < -0.39 is 6.09 Å². The number of nitrogens with one attached hydrogen (secondary N) is 1. The Morgan fingerprint density at radius 2 is 2.62 bits per heavy atom. The van der Waals surface area contributed by atoms with E-state index in [4.69, 9.17) is 4.74 Å². The molecular formula is C8H12N2O3. The second-order valence-electron chi connectivity index (χ2n) is 2.50. The van der Waals surface area contributed by atoms with Crippen molar-refractivity contribution in [2.24, 2.45) is 0 Å². The number of ether oxygens (including phenoxy) is 1. The molecule has 0 atom stereocenters. The fourth-order valence-electron chi connectivity index (χ4n) is 0.727. The second kappa shape index (κ2) is 5.18. The van der Waals surface area contributed by atoms with Crippen molar-refractivity contribution in [1.82, 2.24) is 5.16 Å². The molecule has 13 heavy (non-hydrogen) atoms. The minimum atomic E-state index is -0.498. The molecule has 0 fully saturated rings. The molecule has 1 aromatic rings. The molecule has 5 nitrogen and oxygen atoms in total. The average molecular weight is 184 g/mol. The lowest BCUT2D eigenvalue weighted by Crippen LogP contribution is -2.14. The summed E-state index contributed by atoms with van der Waals surface area (Å²) in [4.78, 5) is 11.0. The van der Waals surface area contributed by atoms with Crippen LogP contribution in [0.3, 0.4) is 0 Å². The quantitative estimate of drug-likeness (QED) is 0.727. The average Bonchev–Trinajstić information content (AvgIpc) is 2.57. The van der Waals surface area contributed by atoms with E-state index in [1.165, 1.54) is 6.26 Å². The predicted octanol–water partition coefficient (Wildman–Crippen LogP) is 2.02. The van der Waals surface area contributed by atoms with Gasteiger partial charge in [0.25, 0.3) is 0 Å². The molecule has 0 saturated carbocycles. The van der Waals surface area contributed by atoms with Gasteiger partial charge in [-0.15, -0.1) is 0 Å². The van der Waals surface area contributed by atoms with Gasteiger partial charge in [0.05, 0.1) is 6.61 Å². The van der Waals surface area contributed by atoms with Gasteiger partial charge in [-0.05, 0) is 6.42 Å². The minimum absolute atomic E-state index is 0.362. The van der Waals surface area contributed by atoms with Gasteiger partial charge in [0.15, 0.2) is 5.82 Å². The van der Waals surface area contributed by atoms with Crippen molar-refractivity contribution in [3.05, 3.63) is 12.3 Å². The summed E-state index contributed by atoms with van der Waals surface area (Å²) in [6, 6.07) is 1.54. The van der Waals surface area contributed by atoms with Crippen LogP contribution in [0.1, 0.15) is 19.8 Å². The number of anilines is 1. The van der Waals surface area contributed by atoms with Crippen molar-refractivity contribution >= 4 is 11.9 Å². The number of unbranched alkanes of at least 4 members (excludes halogenated alkanes) is 1. The first kappa shape index (κ1) is 9.57. The Bertz CT molecular complexity index is 246. The van der Waals surface area contributed by atoms with Gasteiger partial charge in [-0.2, -0.15) is 0 Å². The smallest absolute Gasteiger partial charge is 0.412 e. The van der Waals surface area contributed by atoms with E-state index in [-0.39, 0.29) is 0 Å². The highest BCUT2D eigenvalue weighted by atomic mass is 16.5. The van der Waals surface area contributed by atoms with Crippen LogP contribution >= 0.6 is 0 Å². The van der Waals surface area contributed by atoms with Crippen molar-refractivity contribution in [3.8, 4) is 0 Å². The Hall–Kier alpha value is -1.52. The topological polar surface area (TPSA) is 64.4 Å². The number of rotatable bonds is 4. The summed E-state index contributed by atoms with van der Waals surface area (Å²) in [5.74, 6) is 0.362. The molecule has 0 unspecified atom stereocenters. The highest BCUT2D eigenvalue weighted by Gasteiger charge is 2.03. The molecule has 1 amide bonds. The molecule has 72 valence electrons. The molecule has 5 heteroatoms. The molecule has 0 aliphatic carbocycles. The van der Waals surface area contributed by atoms with E-state index in [1.54, 1.807) is 6.07 Å². The van der Waals surface area contributed by atoms with Crippen LogP contribution in [0.5, 0.6) is 0 Å². The second-order valence-corrected chi connectivity index (χ2v) is 2.50. The van der Waals surface area contributed by atoms with Gasteiger partial charge in [0, 0.05) is 6.07 Å². The molecule has 0 saturated heterocycles. The summed E-state index contributed by atoms with van der Waals surface area (Å²) in [5.41, 5.74) is 0. The first-order valence-corrected chi connectivity index (χ1v) is 4.17. The third-order valence-electron chi connectivity index (χ3n) is 1.40. The van der Waals surface area contributed by atoms with Crippen LogP contribution in [-0.4, -0.2) is 17.9 Å². The molecule has 0 aliphatic rings. The van der Waals surface area contributed by atoms with E-state index in [1.807, 2.05) is 6.92 Å². The molecular weight excluding hydrogens is 172 g/mol. The van der Waals surface area contributed by atoms with Gasteiger partial charge in [0.2, 0.25) is 0 Å². The summed E-state index contributed by atoms with van der Waals surface area (Å²) >= 11 is 0. The number of carbonyl (C=O) groups excluding carboxylic acids is 1. The zero-order valence-electron chi connectivity index (χ0n) is 7.45. The van der Waals surface area contributed by atoms with Crippen LogP contribution in [0.4, 0.5) is 10.6 Å². The zero-order chi connectivity index (χ0) is 9.52. The Kier molecular flexibility index (Phi) is 3.81. The van der Waals surface area contributed by atoms with Crippen LogP contribution in [-0.2, 0) is 4.74 Å². The van der Waals surface area contributed by atoms with Gasteiger partial charge in [-0.1, -0.05) is 18.5 Å². The number of hydrogen-bond acceptors (Lipinski definition) is 4. The largest absolute Gasteiger partial charge is 0.449 e. The summed E-state index contributed by atoms with van der Waals surface area (Å²) in [6.45, 7) is 2.46. The Balaban J connectivity index is 2.18. The van der Waals surface area contributed by atoms with E-state index in [0.717, 1.165) is 12.8 Å². The van der Waals surface area contributed by atoms with Crippen molar-refractivity contribution in [3.63, 3.8) is 0 Å². The Labute approximate surface area is 76.0 Å². The lowest BCUT2D eigenvalue weighted by Gasteiger charge is -2.02. The van der Waals surface area contributed by atoms with Crippen molar-refractivity contribution in [2.75, 3.05) is 11.9 Å². The molecule has 1 aromatic heterocycles. The molecule has 0 aromatic carbocycles. The number of nitrogens with zero attached hydrogens (tertiary/aromatic N) is 1. The predicted molar refractivity (Wildman–Crippen MR) is 46.4 cm³/mol. The van der Waals surface area contributed by atoms with Gasteiger partial charge in [-0.25, -0.2) is 4.79 Å². The zero-order valence-corrected chi connectivity index (χ0v) is 7.45. The van der Waals surface area contributed by atoms with Gasteiger partial charge in [0.1, 0.15) is 6.26 Å². The van der Waals surface area contributed by atoms with E-state index in [9.17, 15) is 4.79 Å². The summed E-state index contributed by atoms with van der Waals surface area (Å²) in [5, 5.41) is 5.91. The number of carbonyl (C=O) groups is 1. The van der Waals surface area contributed by atoms with Crippen LogP contribution < -0.4 is 5.32 Å². The molecule has 0 aliphatic heterocycles. The highest BCUT2D eigenvalue weighted by Crippen LogP contribution is 2.01. The van der Waals surface area contributed by atoms with E-state index >= 15 is 0 Å². The maximum atomic E-state index is 11.0. The monoisotopic (exact) mass is 184 g/mol. The normalized spacial score (nSPS) is 9.62. The molecule has 0 spiro atoms. The molecule has 0 bridgehead atoms. The van der Waals surface area contributed by atoms with Crippen LogP contribution in [0.25, 0.3) is 0 Å². The van der Waals surface area contributed by atoms with Crippen molar-refractivity contribution < 1.29 is 14.1 Å². The molecule has 1 rings (SSSR count). The van der Waals surface area contributed by atoms with Crippen molar-refractivity contribution in [1.29, 1.82) is 0 Å². The number of aromatic nitrogens is 1. The van der Waals surface area contributed by atoms with E-state index in [2.05, 4.69) is 15.0 Å². The van der Waals surface area contributed by atoms with Gasteiger partial charge >= 0.3 is 6.09 Å². The van der Waals surface area contributed by atoms with Gasteiger partial charge in [-0.3, -0.25) is 5.32 Å². The fourth-order valence-corrected chi connectivity index (χ4v) is 0.727. The summed E-state index contributed by atoms with van der Waals surface area (Å²) < 4.78 is 9.34. The minimum Gasteiger partial charge on any atom is -0.449 e. The van der Waals surface area contributed by atoms with Crippen LogP contribution in [0.15, 0.2) is 16.9 Å². The number of amides is 1. The summed E-state index contributed by atoms with van der Waals surface area (Å²) in [6.07, 6.45) is 2.74. The third-order valence-corrected chi connectivity index (χ3v) is 1.40. The van der Waals surface area contributed by atoms with E-state index in [0.29, 0.717) is 12.4 Å². The molecule has 1 N–H and O–H groups in total. The van der Waals surface area contributed by atoms with Crippen molar-refractivity contribution in [2.45, 2.75) is 19.8 Å². The van der Waals surface area contributed by atoms with Crippen LogP contribution in [0, 0.1) is 0 Å². The molecule has 0 radical (unpaired) electrons. The lowest BCUT2D eigenvalue weighted by atomic mass is 10.4. The third kappa shape index (κ3) is 3.59. The maximum Gasteiger partial charge on any atom is 0.412 e. The van der Waals surface area contributed by atoms with Gasteiger partial charge < -0.3 is 9.26 Å². The maximum absolute atomic E-state index is 11.0. The van der Waals surface area contributed by atoms with Crippen LogP contribution in [0.2, 0.25) is 0 Å². The molecule has 1 heterocycles. The Morgan fingerprint density at radius 1 is 1.77 bits per heavy atom. The number of hydrogen-bond donors (Lipinski definition) is 1. The first-order chi connectivity index (χ1) is 6.33.